The van der Waals surface area contributed by atoms with Crippen molar-refractivity contribution in [2.24, 2.45) is 5.92 Å². The summed E-state index contributed by atoms with van der Waals surface area (Å²) in [5, 5.41) is 7.84. The van der Waals surface area contributed by atoms with E-state index in [2.05, 4.69) is 53.8 Å². The van der Waals surface area contributed by atoms with Crippen LogP contribution in [-0.4, -0.2) is 17.7 Å². The number of benzene rings is 1. The molecule has 3 rings (SSSR count). The Hall–Kier alpha value is -1.61. The van der Waals surface area contributed by atoms with Crippen LogP contribution >= 0.6 is 0 Å². The third-order valence-corrected chi connectivity index (χ3v) is 4.98. The first kappa shape index (κ1) is 16.3. The Morgan fingerprint density at radius 1 is 1.22 bits per heavy atom. The molecule has 124 valence electrons. The van der Waals surface area contributed by atoms with E-state index in [0.29, 0.717) is 6.04 Å². The van der Waals surface area contributed by atoms with Crippen molar-refractivity contribution in [1.82, 2.24) is 10.5 Å². The Labute approximate surface area is 139 Å². The molecule has 2 aromatic rings. The summed E-state index contributed by atoms with van der Waals surface area (Å²) < 4.78 is 5.35. The Balaban J connectivity index is 1.40. The predicted octanol–water partition coefficient (Wildman–Crippen LogP) is 4.17. The third kappa shape index (κ3) is 4.68. The van der Waals surface area contributed by atoms with Gasteiger partial charge < -0.3 is 9.84 Å². The van der Waals surface area contributed by atoms with Crippen LogP contribution in [0, 0.1) is 5.92 Å². The van der Waals surface area contributed by atoms with Crippen LogP contribution in [0.3, 0.4) is 0 Å². The van der Waals surface area contributed by atoms with E-state index < -0.39 is 0 Å². The largest absolute Gasteiger partial charge is 0.361 e. The molecule has 23 heavy (non-hydrogen) atoms. The van der Waals surface area contributed by atoms with Gasteiger partial charge in [-0.3, -0.25) is 0 Å². The zero-order valence-corrected chi connectivity index (χ0v) is 14.1. The van der Waals surface area contributed by atoms with Gasteiger partial charge in [0.2, 0.25) is 0 Å². The van der Waals surface area contributed by atoms with Gasteiger partial charge in [-0.25, -0.2) is 0 Å². The Morgan fingerprint density at radius 2 is 2.09 bits per heavy atom. The fourth-order valence-electron chi connectivity index (χ4n) is 3.66. The molecule has 1 aliphatic carbocycles. The molecule has 1 aliphatic rings. The molecule has 2 atom stereocenters. The molecule has 1 N–H and O–H groups in total. The van der Waals surface area contributed by atoms with Crippen LogP contribution in [0.15, 0.2) is 40.9 Å². The fraction of sp³-hybridized carbons (Fsp3) is 0.550. The van der Waals surface area contributed by atoms with Gasteiger partial charge in [-0.15, -0.1) is 0 Å². The van der Waals surface area contributed by atoms with Crippen molar-refractivity contribution < 1.29 is 4.52 Å². The van der Waals surface area contributed by atoms with Gasteiger partial charge in [-0.2, -0.15) is 0 Å². The zero-order chi connectivity index (χ0) is 15.9. The Bertz CT molecular complexity index is 578. The van der Waals surface area contributed by atoms with E-state index in [-0.39, 0.29) is 0 Å². The van der Waals surface area contributed by atoms with Crippen molar-refractivity contribution in [1.29, 1.82) is 0 Å². The number of nitrogens with one attached hydrogen (secondary N) is 1. The lowest BCUT2D eigenvalue weighted by Gasteiger charge is -2.21. The quantitative estimate of drug-likeness (QED) is 0.743. The van der Waals surface area contributed by atoms with Gasteiger partial charge in [-0.1, -0.05) is 48.8 Å². The van der Waals surface area contributed by atoms with Crippen LogP contribution in [0.1, 0.15) is 49.6 Å². The standard InChI is InChI=1S/C20H28N2O/c1-2-18-15-19(23-22-18)11-7-13-21-20-12-6-10-17(20)14-16-8-4-3-5-9-16/h3-5,8-9,15,17,20-21H,2,6-7,10-14H2,1H3/t17-,20+/m0/s1. The lowest BCUT2D eigenvalue weighted by molar-refractivity contribution is 0.365. The molecule has 0 unspecified atom stereocenters. The molecule has 3 nitrogen and oxygen atoms in total. The Morgan fingerprint density at radius 3 is 2.87 bits per heavy atom. The molecule has 1 aromatic heterocycles. The van der Waals surface area contributed by atoms with E-state index in [1.807, 2.05) is 0 Å². The maximum Gasteiger partial charge on any atom is 0.137 e. The van der Waals surface area contributed by atoms with E-state index in [1.165, 1.54) is 31.2 Å². The first-order valence-electron chi connectivity index (χ1n) is 9.07. The second-order valence-electron chi connectivity index (χ2n) is 6.68. The van der Waals surface area contributed by atoms with Crippen LogP contribution in [-0.2, 0) is 19.3 Å². The van der Waals surface area contributed by atoms with Crippen LogP contribution in [0.5, 0.6) is 0 Å². The van der Waals surface area contributed by atoms with E-state index in [0.717, 1.165) is 43.2 Å². The van der Waals surface area contributed by atoms with E-state index in [1.54, 1.807) is 0 Å². The van der Waals surface area contributed by atoms with Gasteiger partial charge in [0, 0.05) is 18.5 Å². The summed E-state index contributed by atoms with van der Waals surface area (Å²) in [7, 11) is 0. The highest BCUT2D eigenvalue weighted by Crippen LogP contribution is 2.28. The van der Waals surface area contributed by atoms with Crippen molar-refractivity contribution in [3.05, 3.63) is 53.4 Å². The topological polar surface area (TPSA) is 38.1 Å². The smallest absolute Gasteiger partial charge is 0.137 e. The molecule has 1 saturated carbocycles. The number of aromatic nitrogens is 1. The van der Waals surface area contributed by atoms with E-state index in [4.69, 9.17) is 4.52 Å². The lowest BCUT2D eigenvalue weighted by Crippen LogP contribution is -2.34. The molecule has 3 heteroatoms. The number of hydrogen-bond acceptors (Lipinski definition) is 3. The van der Waals surface area contributed by atoms with Crippen molar-refractivity contribution >= 4 is 0 Å². The van der Waals surface area contributed by atoms with Gasteiger partial charge in [0.1, 0.15) is 5.76 Å². The molecule has 1 heterocycles. The van der Waals surface area contributed by atoms with Crippen LogP contribution in [0.2, 0.25) is 0 Å². The second kappa shape index (κ2) is 8.30. The van der Waals surface area contributed by atoms with Gasteiger partial charge in [0.15, 0.2) is 0 Å². The average Bonchev–Trinajstić information content (AvgIpc) is 3.22. The van der Waals surface area contributed by atoms with Crippen LogP contribution in [0.4, 0.5) is 0 Å². The van der Waals surface area contributed by atoms with Crippen molar-refractivity contribution in [3.63, 3.8) is 0 Å². The van der Waals surface area contributed by atoms with E-state index >= 15 is 0 Å². The van der Waals surface area contributed by atoms with Crippen LogP contribution < -0.4 is 5.32 Å². The number of aryl methyl sites for hydroxylation is 2. The van der Waals surface area contributed by atoms with Crippen molar-refractivity contribution in [3.8, 4) is 0 Å². The maximum absolute atomic E-state index is 5.35. The monoisotopic (exact) mass is 312 g/mol. The average molecular weight is 312 g/mol. The van der Waals surface area contributed by atoms with Crippen molar-refractivity contribution in [2.45, 2.75) is 57.9 Å². The lowest BCUT2D eigenvalue weighted by atomic mass is 9.94. The highest BCUT2D eigenvalue weighted by molar-refractivity contribution is 5.16. The minimum absolute atomic E-state index is 0.677. The highest BCUT2D eigenvalue weighted by Gasteiger charge is 2.26. The summed E-state index contributed by atoms with van der Waals surface area (Å²) in [6.07, 6.45) is 8.29. The van der Waals surface area contributed by atoms with Gasteiger partial charge in [0.05, 0.1) is 5.69 Å². The van der Waals surface area contributed by atoms with Gasteiger partial charge in [-0.05, 0) is 50.1 Å². The van der Waals surface area contributed by atoms with Crippen molar-refractivity contribution in [2.75, 3.05) is 6.54 Å². The summed E-state index contributed by atoms with van der Waals surface area (Å²) in [5.41, 5.74) is 2.53. The molecule has 0 amide bonds. The molecular weight excluding hydrogens is 284 g/mol. The minimum Gasteiger partial charge on any atom is -0.361 e. The summed E-state index contributed by atoms with van der Waals surface area (Å²) in [5.74, 6) is 1.81. The molecule has 1 aromatic carbocycles. The molecule has 0 bridgehead atoms. The third-order valence-electron chi connectivity index (χ3n) is 4.98. The van der Waals surface area contributed by atoms with Crippen LogP contribution in [0.25, 0.3) is 0 Å². The first-order valence-corrected chi connectivity index (χ1v) is 9.07. The normalized spacial score (nSPS) is 20.9. The Kier molecular flexibility index (Phi) is 5.87. The molecule has 0 saturated heterocycles. The first-order chi connectivity index (χ1) is 11.3. The molecule has 0 spiro atoms. The number of nitrogens with zero attached hydrogens (tertiary/aromatic N) is 1. The zero-order valence-electron chi connectivity index (χ0n) is 14.1. The summed E-state index contributed by atoms with van der Waals surface area (Å²) in [6.45, 7) is 3.17. The SMILES string of the molecule is CCc1cc(CCCN[C@@H]2CCC[C@H]2Cc2ccccc2)on1. The minimum atomic E-state index is 0.677. The van der Waals surface area contributed by atoms with E-state index in [9.17, 15) is 0 Å². The predicted molar refractivity (Wildman–Crippen MR) is 93.5 cm³/mol. The summed E-state index contributed by atoms with van der Waals surface area (Å²) in [6, 6.07) is 13.7. The van der Waals surface area contributed by atoms with Gasteiger partial charge in [0.25, 0.3) is 0 Å². The van der Waals surface area contributed by atoms with Gasteiger partial charge >= 0.3 is 0 Å². The fourth-order valence-corrected chi connectivity index (χ4v) is 3.66. The summed E-state index contributed by atoms with van der Waals surface area (Å²) in [4.78, 5) is 0. The number of hydrogen-bond donors (Lipinski definition) is 1. The number of rotatable bonds is 8. The summed E-state index contributed by atoms with van der Waals surface area (Å²) >= 11 is 0. The molecule has 1 fully saturated rings. The maximum atomic E-state index is 5.35. The molecule has 0 aliphatic heterocycles. The second-order valence-corrected chi connectivity index (χ2v) is 6.68. The molecule has 0 radical (unpaired) electrons. The molecular formula is C20H28N2O. The highest BCUT2D eigenvalue weighted by atomic mass is 16.5.